The van der Waals surface area contributed by atoms with Crippen molar-refractivity contribution >= 4 is 0 Å². The average molecular weight is 313 g/mol. The van der Waals surface area contributed by atoms with Crippen LogP contribution in [0.5, 0.6) is 0 Å². The molecule has 0 saturated heterocycles. The molecule has 0 spiro atoms. The number of hydrogen-bond donors (Lipinski definition) is 0. The maximum absolute atomic E-state index is 4.92. The quantitative estimate of drug-likeness (QED) is 0.406. The van der Waals surface area contributed by atoms with Crippen molar-refractivity contribution in [1.29, 1.82) is 0 Å². The Labute approximate surface area is 142 Å². The first kappa shape index (κ1) is 26.3. The van der Waals surface area contributed by atoms with Crippen molar-refractivity contribution in [1.82, 2.24) is 0 Å². The maximum Gasteiger partial charge on any atom is 0.0643 e. The first-order valence-corrected chi connectivity index (χ1v) is 9.21. The molecule has 22 heavy (non-hydrogen) atoms. The van der Waals surface area contributed by atoms with Crippen LogP contribution < -0.4 is 0 Å². The lowest BCUT2D eigenvalue weighted by Crippen LogP contribution is -2.05. The van der Waals surface area contributed by atoms with Crippen LogP contribution in [-0.4, -0.2) is 13.7 Å². The zero-order valence-corrected chi connectivity index (χ0v) is 17.0. The maximum atomic E-state index is 4.92. The van der Waals surface area contributed by atoms with Crippen LogP contribution >= 0.6 is 0 Å². The SMILES string of the molecule is C=C(C)C(C)C(C)/C=C/COC.CC.CCCCC(C)CC. The van der Waals surface area contributed by atoms with Crippen LogP contribution in [0.15, 0.2) is 24.3 Å². The molecule has 0 rings (SSSR count). The van der Waals surface area contributed by atoms with Gasteiger partial charge >= 0.3 is 0 Å². The van der Waals surface area contributed by atoms with Gasteiger partial charge < -0.3 is 4.74 Å². The molecule has 0 aliphatic heterocycles. The van der Waals surface area contributed by atoms with Gasteiger partial charge in [-0.05, 0) is 24.7 Å². The predicted octanol–water partition coefficient (Wildman–Crippen LogP) is 7.29. The molecular weight excluding hydrogens is 268 g/mol. The van der Waals surface area contributed by atoms with Crippen LogP contribution in [-0.2, 0) is 4.74 Å². The van der Waals surface area contributed by atoms with Gasteiger partial charge in [0.15, 0.2) is 0 Å². The Bertz CT molecular complexity index is 242. The second kappa shape index (κ2) is 20.4. The zero-order chi connectivity index (χ0) is 18.0. The summed E-state index contributed by atoms with van der Waals surface area (Å²) in [5.74, 6) is 2.06. The van der Waals surface area contributed by atoms with E-state index in [1.165, 1.54) is 31.3 Å². The van der Waals surface area contributed by atoms with Crippen LogP contribution in [0.2, 0.25) is 0 Å². The topological polar surface area (TPSA) is 9.23 Å². The molecule has 134 valence electrons. The monoisotopic (exact) mass is 312 g/mol. The number of hydrogen-bond acceptors (Lipinski definition) is 1. The molecule has 0 saturated carbocycles. The highest BCUT2D eigenvalue weighted by molar-refractivity contribution is 5.01. The van der Waals surface area contributed by atoms with Crippen molar-refractivity contribution in [2.45, 2.75) is 81.1 Å². The van der Waals surface area contributed by atoms with E-state index in [0.717, 1.165) is 5.92 Å². The van der Waals surface area contributed by atoms with Crippen LogP contribution in [0.25, 0.3) is 0 Å². The molecule has 0 fully saturated rings. The van der Waals surface area contributed by atoms with E-state index in [1.54, 1.807) is 7.11 Å². The van der Waals surface area contributed by atoms with Crippen molar-refractivity contribution in [3.05, 3.63) is 24.3 Å². The second-order valence-electron chi connectivity index (χ2n) is 6.03. The molecule has 0 aromatic carbocycles. The molecule has 0 bridgehead atoms. The third-order valence-corrected chi connectivity index (χ3v) is 4.02. The summed E-state index contributed by atoms with van der Waals surface area (Å²) in [4.78, 5) is 0. The summed E-state index contributed by atoms with van der Waals surface area (Å²) in [7, 11) is 1.71. The van der Waals surface area contributed by atoms with Crippen LogP contribution in [0.1, 0.15) is 81.1 Å². The first-order valence-electron chi connectivity index (χ1n) is 9.21. The second-order valence-corrected chi connectivity index (χ2v) is 6.03. The molecule has 0 radical (unpaired) electrons. The Balaban J connectivity index is -0.000000313. The van der Waals surface area contributed by atoms with Gasteiger partial charge in [-0.15, -0.1) is 0 Å². The minimum absolute atomic E-state index is 0.553. The smallest absolute Gasteiger partial charge is 0.0643 e. The van der Waals surface area contributed by atoms with Crippen molar-refractivity contribution in [2.75, 3.05) is 13.7 Å². The lowest BCUT2D eigenvalue weighted by atomic mass is 9.90. The molecular formula is C21H44O. The van der Waals surface area contributed by atoms with Crippen molar-refractivity contribution < 1.29 is 4.74 Å². The van der Waals surface area contributed by atoms with E-state index in [0.29, 0.717) is 18.4 Å². The zero-order valence-electron chi connectivity index (χ0n) is 17.0. The van der Waals surface area contributed by atoms with Gasteiger partial charge in [-0.2, -0.15) is 0 Å². The Morgan fingerprint density at radius 1 is 1.14 bits per heavy atom. The molecule has 0 amide bonds. The largest absolute Gasteiger partial charge is 0.381 e. The third-order valence-electron chi connectivity index (χ3n) is 4.02. The summed E-state index contributed by atoms with van der Waals surface area (Å²) >= 11 is 0. The van der Waals surface area contributed by atoms with Gasteiger partial charge in [0, 0.05) is 7.11 Å². The normalized spacial score (nSPS) is 14.2. The van der Waals surface area contributed by atoms with Gasteiger partial charge in [0.2, 0.25) is 0 Å². The molecule has 1 nitrogen and oxygen atoms in total. The summed E-state index contributed by atoms with van der Waals surface area (Å²) in [6, 6.07) is 0. The first-order chi connectivity index (χ1) is 10.4. The fraction of sp³-hybridized carbons (Fsp3) is 0.810. The van der Waals surface area contributed by atoms with E-state index < -0.39 is 0 Å². The summed E-state index contributed by atoms with van der Waals surface area (Å²) in [6.45, 7) is 22.0. The third kappa shape index (κ3) is 19.4. The summed E-state index contributed by atoms with van der Waals surface area (Å²) in [6.07, 6.45) is 9.78. The number of methoxy groups -OCH3 is 1. The Morgan fingerprint density at radius 2 is 1.68 bits per heavy atom. The Morgan fingerprint density at radius 3 is 2.05 bits per heavy atom. The van der Waals surface area contributed by atoms with Gasteiger partial charge in [-0.25, -0.2) is 0 Å². The van der Waals surface area contributed by atoms with E-state index >= 15 is 0 Å². The van der Waals surface area contributed by atoms with Gasteiger partial charge in [-0.3, -0.25) is 0 Å². The molecule has 3 unspecified atom stereocenters. The lowest BCUT2D eigenvalue weighted by molar-refractivity contribution is 0.233. The van der Waals surface area contributed by atoms with E-state index in [9.17, 15) is 0 Å². The van der Waals surface area contributed by atoms with Crippen molar-refractivity contribution in [2.24, 2.45) is 17.8 Å². The van der Waals surface area contributed by atoms with Crippen molar-refractivity contribution in [3.63, 3.8) is 0 Å². The fourth-order valence-electron chi connectivity index (χ4n) is 1.74. The van der Waals surface area contributed by atoms with Crippen LogP contribution in [0.4, 0.5) is 0 Å². The highest BCUT2D eigenvalue weighted by atomic mass is 16.5. The van der Waals surface area contributed by atoms with E-state index in [4.69, 9.17) is 4.74 Å². The molecule has 3 atom stereocenters. The molecule has 0 heterocycles. The van der Waals surface area contributed by atoms with Gasteiger partial charge in [0.05, 0.1) is 6.61 Å². The minimum atomic E-state index is 0.553. The van der Waals surface area contributed by atoms with Gasteiger partial charge in [-0.1, -0.05) is 98.5 Å². The molecule has 0 aliphatic carbocycles. The number of unbranched alkanes of at least 4 members (excludes halogenated alkanes) is 1. The van der Waals surface area contributed by atoms with Gasteiger partial charge in [0.1, 0.15) is 0 Å². The standard InChI is InChI=1S/C11H20O.C8H18.C2H6/c1-9(2)11(4)10(3)7-6-8-12-5;1-4-6-7-8(3)5-2;1-2/h6-7,10-11H,1,8H2,2-5H3;8H,4-7H2,1-3H3;1-2H3/b7-6+;;. The van der Waals surface area contributed by atoms with Crippen molar-refractivity contribution in [3.8, 4) is 0 Å². The van der Waals surface area contributed by atoms with Crippen LogP contribution in [0.3, 0.4) is 0 Å². The molecule has 0 aromatic heterocycles. The molecule has 0 aromatic rings. The number of allylic oxidation sites excluding steroid dienone is 2. The van der Waals surface area contributed by atoms with Crippen LogP contribution in [0, 0.1) is 17.8 Å². The summed E-state index contributed by atoms with van der Waals surface area (Å²) < 4.78 is 4.92. The molecule has 0 N–H and O–H groups in total. The van der Waals surface area contributed by atoms with Gasteiger partial charge in [0.25, 0.3) is 0 Å². The highest BCUT2D eigenvalue weighted by Gasteiger charge is 2.08. The lowest BCUT2D eigenvalue weighted by Gasteiger charge is -2.15. The van der Waals surface area contributed by atoms with E-state index in [1.807, 2.05) is 13.8 Å². The minimum Gasteiger partial charge on any atom is -0.381 e. The summed E-state index contributed by atoms with van der Waals surface area (Å²) in [5, 5.41) is 0. The Kier molecular flexibility index (Phi) is 24.5. The average Bonchev–Trinajstić information content (AvgIpc) is 2.54. The van der Waals surface area contributed by atoms with E-state index in [-0.39, 0.29) is 0 Å². The number of ether oxygens (including phenoxy) is 1. The molecule has 1 heteroatoms. The van der Waals surface area contributed by atoms with E-state index in [2.05, 4.69) is 60.3 Å². The molecule has 0 aliphatic rings. The summed E-state index contributed by atoms with van der Waals surface area (Å²) in [5.41, 5.74) is 1.24. The number of rotatable bonds is 9. The fourth-order valence-corrected chi connectivity index (χ4v) is 1.74. The Hall–Kier alpha value is -0.560. The highest BCUT2D eigenvalue weighted by Crippen LogP contribution is 2.19. The predicted molar refractivity (Wildman–Crippen MR) is 104 cm³/mol.